The van der Waals surface area contributed by atoms with Crippen LogP contribution in [-0.4, -0.2) is 40.2 Å². The average molecular weight is 263 g/mol. The number of nitrogen functional groups attached to an aromatic ring is 1. The standard InChI is InChI=1S/C15H25N3O/c1-12(2)11-18-7-4-15(19,5-8-18)9-13-10-17-6-3-14(13)16/h3,6,10,12,19H,4-5,7-9,11H2,1-2H3,(H2,16,17). The Labute approximate surface area is 115 Å². The van der Waals surface area contributed by atoms with Crippen LogP contribution in [0.2, 0.25) is 0 Å². The van der Waals surface area contributed by atoms with Crippen LogP contribution in [0.5, 0.6) is 0 Å². The zero-order valence-electron chi connectivity index (χ0n) is 12.0. The van der Waals surface area contributed by atoms with Gasteiger partial charge >= 0.3 is 0 Å². The molecular weight excluding hydrogens is 238 g/mol. The van der Waals surface area contributed by atoms with Crippen molar-refractivity contribution in [1.29, 1.82) is 0 Å². The van der Waals surface area contributed by atoms with Gasteiger partial charge in [0.15, 0.2) is 0 Å². The topological polar surface area (TPSA) is 62.4 Å². The summed E-state index contributed by atoms with van der Waals surface area (Å²) in [6.07, 6.45) is 5.70. The van der Waals surface area contributed by atoms with Crippen molar-refractivity contribution in [2.24, 2.45) is 5.92 Å². The Hall–Kier alpha value is -1.13. The molecule has 4 nitrogen and oxygen atoms in total. The summed E-state index contributed by atoms with van der Waals surface area (Å²) < 4.78 is 0. The molecule has 3 N–H and O–H groups in total. The molecule has 4 heteroatoms. The highest BCUT2D eigenvalue weighted by atomic mass is 16.3. The minimum atomic E-state index is -0.620. The molecule has 1 saturated heterocycles. The Bertz CT molecular complexity index is 412. The van der Waals surface area contributed by atoms with Crippen molar-refractivity contribution < 1.29 is 5.11 Å². The van der Waals surface area contributed by atoms with E-state index in [4.69, 9.17) is 5.73 Å². The van der Waals surface area contributed by atoms with E-state index in [1.165, 1.54) is 0 Å². The molecule has 2 rings (SSSR count). The van der Waals surface area contributed by atoms with Gasteiger partial charge in [-0.2, -0.15) is 0 Å². The van der Waals surface area contributed by atoms with E-state index in [1.54, 1.807) is 18.5 Å². The van der Waals surface area contributed by atoms with E-state index >= 15 is 0 Å². The second-order valence-corrected chi connectivity index (χ2v) is 6.17. The van der Waals surface area contributed by atoms with Crippen LogP contribution in [-0.2, 0) is 6.42 Å². The molecule has 0 amide bonds. The lowest BCUT2D eigenvalue weighted by molar-refractivity contribution is -0.0226. The van der Waals surface area contributed by atoms with Gasteiger partial charge in [0.25, 0.3) is 0 Å². The smallest absolute Gasteiger partial charge is 0.0713 e. The van der Waals surface area contributed by atoms with E-state index in [2.05, 4.69) is 23.7 Å². The second-order valence-electron chi connectivity index (χ2n) is 6.17. The zero-order chi connectivity index (χ0) is 13.9. The number of nitrogens with two attached hydrogens (primary N) is 1. The van der Waals surface area contributed by atoms with E-state index in [1.807, 2.05) is 0 Å². The maximum Gasteiger partial charge on any atom is 0.0713 e. The number of piperidine rings is 1. The van der Waals surface area contributed by atoms with E-state index in [9.17, 15) is 5.11 Å². The molecule has 0 radical (unpaired) electrons. The maximum absolute atomic E-state index is 10.7. The van der Waals surface area contributed by atoms with E-state index < -0.39 is 5.60 Å². The summed E-state index contributed by atoms with van der Waals surface area (Å²) in [5, 5.41) is 10.7. The predicted molar refractivity (Wildman–Crippen MR) is 77.8 cm³/mol. The third-order valence-corrected chi connectivity index (χ3v) is 3.87. The van der Waals surface area contributed by atoms with Gasteiger partial charge in [-0.15, -0.1) is 0 Å². The molecule has 0 saturated carbocycles. The van der Waals surface area contributed by atoms with Crippen LogP contribution in [0.3, 0.4) is 0 Å². The van der Waals surface area contributed by atoms with Crippen molar-refractivity contribution in [3.63, 3.8) is 0 Å². The molecular formula is C15H25N3O. The number of nitrogens with zero attached hydrogens (tertiary/aromatic N) is 2. The number of hydrogen-bond acceptors (Lipinski definition) is 4. The maximum atomic E-state index is 10.7. The molecule has 0 unspecified atom stereocenters. The van der Waals surface area contributed by atoms with Gasteiger partial charge in [-0.25, -0.2) is 0 Å². The van der Waals surface area contributed by atoms with Crippen molar-refractivity contribution in [2.75, 3.05) is 25.4 Å². The molecule has 19 heavy (non-hydrogen) atoms. The number of likely N-dealkylation sites (tertiary alicyclic amines) is 1. The van der Waals surface area contributed by atoms with Crippen molar-refractivity contribution in [2.45, 2.75) is 38.7 Å². The number of anilines is 1. The van der Waals surface area contributed by atoms with Crippen LogP contribution in [0.25, 0.3) is 0 Å². The van der Waals surface area contributed by atoms with Crippen molar-refractivity contribution in [1.82, 2.24) is 9.88 Å². The summed E-state index contributed by atoms with van der Waals surface area (Å²) in [4.78, 5) is 6.53. The number of hydrogen-bond donors (Lipinski definition) is 2. The van der Waals surface area contributed by atoms with Crippen molar-refractivity contribution >= 4 is 5.69 Å². The molecule has 1 fully saturated rings. The van der Waals surface area contributed by atoms with Gasteiger partial charge in [0.1, 0.15) is 0 Å². The highest BCUT2D eigenvalue weighted by Crippen LogP contribution is 2.28. The first-order chi connectivity index (χ1) is 8.98. The Kier molecular flexibility index (Phi) is 4.42. The largest absolute Gasteiger partial charge is 0.398 e. The molecule has 1 aromatic heterocycles. The summed E-state index contributed by atoms with van der Waals surface area (Å²) >= 11 is 0. The minimum absolute atomic E-state index is 0.613. The molecule has 0 aliphatic carbocycles. The Balaban J connectivity index is 1.93. The minimum Gasteiger partial charge on any atom is -0.398 e. The monoisotopic (exact) mass is 263 g/mol. The number of aromatic nitrogens is 1. The Morgan fingerprint density at radius 2 is 2.11 bits per heavy atom. The van der Waals surface area contributed by atoms with Gasteiger partial charge in [0.05, 0.1) is 5.60 Å². The number of aliphatic hydroxyl groups is 1. The predicted octanol–water partition coefficient (Wildman–Crippen LogP) is 1.69. The summed E-state index contributed by atoms with van der Waals surface area (Å²) in [6, 6.07) is 1.80. The SMILES string of the molecule is CC(C)CN1CCC(O)(Cc2cnccc2N)CC1. The second kappa shape index (κ2) is 5.88. The quantitative estimate of drug-likeness (QED) is 0.868. The molecule has 2 heterocycles. The fraction of sp³-hybridized carbons (Fsp3) is 0.667. The number of pyridine rings is 1. The summed E-state index contributed by atoms with van der Waals surface area (Å²) in [6.45, 7) is 7.52. The van der Waals surface area contributed by atoms with Gasteiger partial charge < -0.3 is 15.7 Å². The van der Waals surface area contributed by atoms with Gasteiger partial charge in [-0.3, -0.25) is 4.98 Å². The van der Waals surface area contributed by atoms with Crippen LogP contribution in [0.4, 0.5) is 5.69 Å². The van der Waals surface area contributed by atoms with E-state index in [0.29, 0.717) is 12.3 Å². The molecule has 1 aromatic rings. The molecule has 106 valence electrons. The highest BCUT2D eigenvalue weighted by molar-refractivity contribution is 5.45. The lowest BCUT2D eigenvalue weighted by Gasteiger charge is -2.39. The zero-order valence-corrected chi connectivity index (χ0v) is 12.0. The molecule has 0 spiro atoms. The van der Waals surface area contributed by atoms with Crippen LogP contribution in [0.15, 0.2) is 18.5 Å². The summed E-state index contributed by atoms with van der Waals surface area (Å²) in [5.41, 5.74) is 7.00. The van der Waals surface area contributed by atoms with Gasteiger partial charge in [0.2, 0.25) is 0 Å². The third-order valence-electron chi connectivity index (χ3n) is 3.87. The van der Waals surface area contributed by atoms with E-state index in [0.717, 1.165) is 43.7 Å². The lowest BCUT2D eigenvalue weighted by Crippen LogP contribution is -2.46. The van der Waals surface area contributed by atoms with E-state index in [-0.39, 0.29) is 0 Å². The summed E-state index contributed by atoms with van der Waals surface area (Å²) in [5.74, 6) is 0.681. The number of rotatable bonds is 4. The fourth-order valence-corrected chi connectivity index (χ4v) is 2.79. The Morgan fingerprint density at radius 1 is 1.42 bits per heavy atom. The Morgan fingerprint density at radius 3 is 2.68 bits per heavy atom. The summed E-state index contributed by atoms with van der Waals surface area (Å²) in [7, 11) is 0. The van der Waals surface area contributed by atoms with Gasteiger partial charge in [-0.1, -0.05) is 13.8 Å². The first-order valence-corrected chi connectivity index (χ1v) is 7.12. The molecule has 0 atom stereocenters. The van der Waals surface area contributed by atoms with Crippen LogP contribution < -0.4 is 5.73 Å². The first-order valence-electron chi connectivity index (χ1n) is 7.12. The van der Waals surface area contributed by atoms with Gasteiger partial charge in [0, 0.05) is 44.1 Å². The van der Waals surface area contributed by atoms with Crippen LogP contribution in [0.1, 0.15) is 32.3 Å². The third kappa shape index (κ3) is 3.91. The first kappa shape index (κ1) is 14.3. The normalized spacial score (nSPS) is 19.8. The molecule has 0 aromatic carbocycles. The lowest BCUT2D eigenvalue weighted by atomic mass is 9.85. The van der Waals surface area contributed by atoms with Crippen LogP contribution in [0, 0.1) is 5.92 Å². The molecule has 0 bridgehead atoms. The average Bonchev–Trinajstić information content (AvgIpc) is 2.35. The van der Waals surface area contributed by atoms with Crippen molar-refractivity contribution in [3.05, 3.63) is 24.0 Å². The highest BCUT2D eigenvalue weighted by Gasteiger charge is 2.32. The molecule has 1 aliphatic rings. The molecule has 1 aliphatic heterocycles. The van der Waals surface area contributed by atoms with Gasteiger partial charge in [-0.05, 0) is 30.4 Å². The van der Waals surface area contributed by atoms with Crippen LogP contribution >= 0.6 is 0 Å². The van der Waals surface area contributed by atoms with Crippen molar-refractivity contribution in [3.8, 4) is 0 Å². The fourth-order valence-electron chi connectivity index (χ4n) is 2.79.